The van der Waals surface area contributed by atoms with Gasteiger partial charge in [0, 0.05) is 27.8 Å². The van der Waals surface area contributed by atoms with Gasteiger partial charge in [-0.2, -0.15) is 0 Å². The van der Waals surface area contributed by atoms with Crippen molar-refractivity contribution in [3.63, 3.8) is 0 Å². The molecule has 0 aliphatic heterocycles. The molecular weight excluding hydrogens is 376 g/mol. The summed E-state index contributed by atoms with van der Waals surface area (Å²) in [5, 5.41) is 6.60. The Labute approximate surface area is 160 Å². The highest BCUT2D eigenvalue weighted by Crippen LogP contribution is 2.23. The van der Waals surface area contributed by atoms with E-state index < -0.39 is 0 Å². The van der Waals surface area contributed by atoms with E-state index in [0.717, 1.165) is 0 Å². The molecule has 0 saturated heterocycles. The number of anilines is 2. The molecule has 26 heavy (non-hydrogen) atoms. The maximum Gasteiger partial charge on any atom is 0.274 e. The van der Waals surface area contributed by atoms with Gasteiger partial charge in [-0.05, 0) is 36.4 Å². The fraction of sp³-hybridized carbons (Fsp3) is 0.0526. The Hall–Kier alpha value is -2.63. The van der Waals surface area contributed by atoms with Crippen molar-refractivity contribution in [2.45, 2.75) is 6.54 Å². The van der Waals surface area contributed by atoms with E-state index in [1.165, 1.54) is 12.3 Å². The number of hydrogen-bond acceptors (Lipinski definition) is 3. The van der Waals surface area contributed by atoms with Crippen molar-refractivity contribution < 1.29 is 9.18 Å². The zero-order chi connectivity index (χ0) is 18.5. The molecule has 0 aliphatic rings. The molecule has 0 unspecified atom stereocenters. The molecule has 0 saturated carbocycles. The Balaban J connectivity index is 1.63. The molecule has 1 heterocycles. The Morgan fingerprint density at radius 1 is 1.00 bits per heavy atom. The molecule has 0 atom stereocenters. The highest BCUT2D eigenvalue weighted by molar-refractivity contribution is 6.35. The Morgan fingerprint density at radius 3 is 2.38 bits per heavy atom. The zero-order valence-electron chi connectivity index (χ0n) is 13.5. The largest absolute Gasteiger partial charge is 0.380 e. The quantitative estimate of drug-likeness (QED) is 0.614. The van der Waals surface area contributed by atoms with Crippen LogP contribution < -0.4 is 10.6 Å². The van der Waals surface area contributed by atoms with Crippen LogP contribution in [0.15, 0.2) is 60.8 Å². The molecule has 0 radical (unpaired) electrons. The van der Waals surface area contributed by atoms with Crippen molar-refractivity contribution in [1.29, 1.82) is 0 Å². The molecule has 0 spiro atoms. The summed E-state index contributed by atoms with van der Waals surface area (Å²) >= 11 is 11.8. The number of pyridine rings is 1. The summed E-state index contributed by atoms with van der Waals surface area (Å²) in [6.45, 7) is 0.320. The number of carbonyl (C=O) groups is 1. The number of rotatable bonds is 5. The molecule has 1 aromatic heterocycles. The van der Waals surface area contributed by atoms with Crippen molar-refractivity contribution in [1.82, 2.24) is 4.98 Å². The second-order valence-electron chi connectivity index (χ2n) is 5.49. The summed E-state index contributed by atoms with van der Waals surface area (Å²) < 4.78 is 13.6. The Bertz CT molecular complexity index is 912. The molecule has 0 aliphatic carbocycles. The minimum atomic E-state index is -0.385. The Kier molecular flexibility index (Phi) is 5.71. The summed E-state index contributed by atoms with van der Waals surface area (Å²) in [6, 6.07) is 14.6. The summed E-state index contributed by atoms with van der Waals surface area (Å²) in [5.74, 6) is -0.659. The van der Waals surface area contributed by atoms with Crippen molar-refractivity contribution in [3.05, 3.63) is 87.9 Å². The van der Waals surface area contributed by atoms with Gasteiger partial charge in [0.1, 0.15) is 11.5 Å². The van der Waals surface area contributed by atoms with Crippen LogP contribution in [0.5, 0.6) is 0 Å². The maximum absolute atomic E-state index is 13.6. The van der Waals surface area contributed by atoms with Gasteiger partial charge in [0.2, 0.25) is 0 Å². The third-order valence-corrected chi connectivity index (χ3v) is 3.99. The third-order valence-electron chi connectivity index (χ3n) is 3.56. The number of amides is 1. The molecule has 2 N–H and O–H groups in total. The zero-order valence-corrected chi connectivity index (χ0v) is 15.0. The number of nitrogens with zero attached hydrogens (tertiary/aromatic N) is 1. The second kappa shape index (κ2) is 8.17. The summed E-state index contributed by atoms with van der Waals surface area (Å²) in [4.78, 5) is 16.4. The predicted octanol–water partition coefficient (Wildman–Crippen LogP) is 5.39. The van der Waals surface area contributed by atoms with Gasteiger partial charge in [-0.1, -0.05) is 41.4 Å². The number of carbonyl (C=O) groups excluding carboxylic acids is 1. The summed E-state index contributed by atoms with van der Waals surface area (Å²) in [5.41, 5.74) is 1.94. The lowest BCUT2D eigenvalue weighted by Crippen LogP contribution is -2.13. The minimum absolute atomic E-state index is 0.234. The monoisotopic (exact) mass is 389 g/mol. The molecule has 132 valence electrons. The number of hydrogen-bond donors (Lipinski definition) is 2. The molecule has 0 fully saturated rings. The topological polar surface area (TPSA) is 54.0 Å². The van der Waals surface area contributed by atoms with Crippen LogP contribution in [-0.4, -0.2) is 10.9 Å². The van der Waals surface area contributed by atoms with Crippen LogP contribution in [0.25, 0.3) is 0 Å². The SMILES string of the molecule is O=C(Nc1cc(Cl)cc(Cl)c1)c1ccc(NCc2ccccc2F)cn1. The van der Waals surface area contributed by atoms with Crippen LogP contribution in [0.4, 0.5) is 15.8 Å². The second-order valence-corrected chi connectivity index (χ2v) is 6.36. The molecule has 2 aromatic carbocycles. The molecule has 3 rings (SSSR count). The van der Waals surface area contributed by atoms with E-state index in [1.54, 1.807) is 48.5 Å². The van der Waals surface area contributed by atoms with Gasteiger partial charge in [-0.3, -0.25) is 4.79 Å². The normalized spacial score (nSPS) is 10.4. The summed E-state index contributed by atoms with van der Waals surface area (Å²) in [7, 11) is 0. The fourth-order valence-electron chi connectivity index (χ4n) is 2.29. The van der Waals surface area contributed by atoms with E-state index in [4.69, 9.17) is 23.2 Å². The van der Waals surface area contributed by atoms with Crippen molar-refractivity contribution in [2.24, 2.45) is 0 Å². The first-order valence-electron chi connectivity index (χ1n) is 7.72. The van der Waals surface area contributed by atoms with Crippen LogP contribution in [0, 0.1) is 5.82 Å². The number of aromatic nitrogens is 1. The van der Waals surface area contributed by atoms with Gasteiger partial charge in [0.25, 0.3) is 5.91 Å². The average molecular weight is 390 g/mol. The number of halogens is 3. The maximum atomic E-state index is 13.6. The standard InChI is InChI=1S/C19H14Cl2FN3O/c20-13-7-14(21)9-16(8-13)25-19(26)18-6-5-15(11-24-18)23-10-12-3-1-2-4-17(12)22/h1-9,11,23H,10H2,(H,25,26). The molecular formula is C19H14Cl2FN3O. The number of nitrogens with one attached hydrogen (secondary N) is 2. The fourth-order valence-corrected chi connectivity index (χ4v) is 2.82. The molecule has 3 aromatic rings. The highest BCUT2D eigenvalue weighted by atomic mass is 35.5. The third kappa shape index (κ3) is 4.71. The molecule has 7 heteroatoms. The minimum Gasteiger partial charge on any atom is -0.380 e. The van der Waals surface area contributed by atoms with E-state index in [0.29, 0.717) is 33.5 Å². The van der Waals surface area contributed by atoms with Crippen LogP contribution >= 0.6 is 23.2 Å². The highest BCUT2D eigenvalue weighted by Gasteiger charge is 2.09. The average Bonchev–Trinajstić information content (AvgIpc) is 2.60. The lowest BCUT2D eigenvalue weighted by molar-refractivity contribution is 0.102. The smallest absolute Gasteiger partial charge is 0.274 e. The van der Waals surface area contributed by atoms with Crippen molar-refractivity contribution in [3.8, 4) is 0 Å². The Morgan fingerprint density at radius 2 is 1.73 bits per heavy atom. The lowest BCUT2D eigenvalue weighted by Gasteiger charge is -2.09. The van der Waals surface area contributed by atoms with Crippen LogP contribution in [0.3, 0.4) is 0 Å². The van der Waals surface area contributed by atoms with Gasteiger partial charge in [0.05, 0.1) is 11.9 Å². The molecule has 0 bridgehead atoms. The van der Waals surface area contributed by atoms with E-state index in [9.17, 15) is 9.18 Å². The van der Waals surface area contributed by atoms with Crippen LogP contribution in [0.1, 0.15) is 16.1 Å². The lowest BCUT2D eigenvalue weighted by atomic mass is 10.2. The molecule has 4 nitrogen and oxygen atoms in total. The first kappa shape index (κ1) is 18.2. The van der Waals surface area contributed by atoms with Gasteiger partial charge in [-0.25, -0.2) is 9.37 Å². The van der Waals surface area contributed by atoms with Gasteiger partial charge in [-0.15, -0.1) is 0 Å². The van der Waals surface area contributed by atoms with Crippen LogP contribution in [0.2, 0.25) is 10.0 Å². The molecule has 1 amide bonds. The van der Waals surface area contributed by atoms with Gasteiger partial charge in [0.15, 0.2) is 0 Å². The first-order chi connectivity index (χ1) is 12.5. The first-order valence-corrected chi connectivity index (χ1v) is 8.47. The predicted molar refractivity (Wildman–Crippen MR) is 102 cm³/mol. The van der Waals surface area contributed by atoms with E-state index in [1.807, 2.05) is 0 Å². The van der Waals surface area contributed by atoms with Gasteiger partial charge >= 0.3 is 0 Å². The summed E-state index contributed by atoms with van der Waals surface area (Å²) in [6.07, 6.45) is 1.51. The van der Waals surface area contributed by atoms with E-state index in [2.05, 4.69) is 15.6 Å². The van der Waals surface area contributed by atoms with Crippen LogP contribution in [-0.2, 0) is 6.54 Å². The van der Waals surface area contributed by atoms with E-state index >= 15 is 0 Å². The van der Waals surface area contributed by atoms with Crippen molar-refractivity contribution in [2.75, 3.05) is 10.6 Å². The van der Waals surface area contributed by atoms with Crippen molar-refractivity contribution >= 4 is 40.5 Å². The number of benzene rings is 2. The van der Waals surface area contributed by atoms with Gasteiger partial charge < -0.3 is 10.6 Å². The van der Waals surface area contributed by atoms with E-state index in [-0.39, 0.29) is 17.4 Å².